The van der Waals surface area contributed by atoms with Crippen LogP contribution in [-0.2, 0) is 6.54 Å². The van der Waals surface area contributed by atoms with Crippen LogP contribution in [0.5, 0.6) is 0 Å². The minimum atomic E-state index is -1.07. The summed E-state index contributed by atoms with van der Waals surface area (Å²) in [6, 6.07) is 4.36. The number of aromatic nitrogens is 3. The third kappa shape index (κ3) is 4.37. The van der Waals surface area contributed by atoms with Crippen LogP contribution in [0.3, 0.4) is 0 Å². The number of anilines is 1. The first-order chi connectivity index (χ1) is 13.6. The number of halogens is 1. The molecule has 0 bridgehead atoms. The number of hydrogen-bond donors (Lipinski definition) is 4. The number of benzene rings is 1. The van der Waals surface area contributed by atoms with Crippen LogP contribution in [0.15, 0.2) is 18.2 Å². The Morgan fingerprint density at radius 2 is 2.00 bits per heavy atom. The molecular weight excluding hydrogens is 373 g/mol. The van der Waals surface area contributed by atoms with Crippen LogP contribution < -0.4 is 10.6 Å². The molecule has 2 heterocycles. The minimum absolute atomic E-state index is 0.102. The number of rotatable bonds is 6. The first-order valence-electron chi connectivity index (χ1n) is 9.52. The second-order valence-electron chi connectivity index (χ2n) is 7.98. The highest BCUT2D eigenvalue weighted by atomic mass is 19.1. The van der Waals surface area contributed by atoms with Crippen molar-refractivity contribution >= 4 is 22.8 Å². The van der Waals surface area contributed by atoms with E-state index in [1.807, 2.05) is 34.6 Å². The lowest BCUT2D eigenvalue weighted by Crippen LogP contribution is -2.27. The van der Waals surface area contributed by atoms with E-state index in [0.29, 0.717) is 47.0 Å². The second kappa shape index (κ2) is 7.79. The van der Waals surface area contributed by atoms with Crippen molar-refractivity contribution < 1.29 is 14.3 Å². The summed E-state index contributed by atoms with van der Waals surface area (Å²) in [7, 11) is 0. The third-order valence-electron chi connectivity index (χ3n) is 4.40. The van der Waals surface area contributed by atoms with Gasteiger partial charge < -0.3 is 20.7 Å². The zero-order valence-electron chi connectivity index (χ0n) is 17.3. The number of nitrogens with one attached hydrogen (secondary N) is 3. The normalized spacial score (nSPS) is 11.8. The lowest BCUT2D eigenvalue weighted by Gasteiger charge is -2.22. The van der Waals surface area contributed by atoms with Gasteiger partial charge in [0.2, 0.25) is 0 Å². The van der Waals surface area contributed by atoms with Crippen molar-refractivity contribution in [3.63, 3.8) is 0 Å². The Morgan fingerprint density at radius 3 is 2.62 bits per heavy atom. The number of aryl methyl sites for hydroxylation is 1. The summed E-state index contributed by atoms with van der Waals surface area (Å²) in [6.45, 7) is 10.8. The smallest absolute Gasteiger partial charge is 0.337 e. The number of fused-ring (bicyclic) bond motifs is 1. The molecule has 0 aliphatic heterocycles. The standard InChI is InChI=1S/C21H26FN5O2/c1-6-23-10-16-12(20(28)29)9-15(25-16)17-13(22)7-8-14-18(17)26-19(11(2)24-14)27-21(3,4)5/h7-9,23,25H,6,10H2,1-5H3,(H,26,27)(H,28,29). The average molecular weight is 399 g/mol. The van der Waals surface area contributed by atoms with E-state index in [9.17, 15) is 14.3 Å². The highest BCUT2D eigenvalue weighted by Crippen LogP contribution is 2.32. The summed E-state index contributed by atoms with van der Waals surface area (Å²) in [5.41, 5.74) is 2.52. The Morgan fingerprint density at radius 1 is 1.28 bits per heavy atom. The number of carboxylic acid groups (broad SMARTS) is 1. The molecule has 0 unspecified atom stereocenters. The molecule has 0 fully saturated rings. The Balaban J connectivity index is 2.22. The summed E-state index contributed by atoms with van der Waals surface area (Å²) in [5.74, 6) is -1.00. The monoisotopic (exact) mass is 399 g/mol. The van der Waals surface area contributed by atoms with Crippen molar-refractivity contribution in [3.05, 3.63) is 41.0 Å². The van der Waals surface area contributed by atoms with E-state index in [-0.39, 0.29) is 16.7 Å². The van der Waals surface area contributed by atoms with Gasteiger partial charge in [0, 0.05) is 17.8 Å². The molecule has 0 saturated heterocycles. The van der Waals surface area contributed by atoms with Gasteiger partial charge in [-0.15, -0.1) is 0 Å². The molecule has 0 radical (unpaired) electrons. The Hall–Kier alpha value is -3.00. The second-order valence-corrected chi connectivity index (χ2v) is 7.98. The topological polar surface area (TPSA) is 103 Å². The van der Waals surface area contributed by atoms with E-state index in [0.717, 1.165) is 0 Å². The maximum absolute atomic E-state index is 14.9. The van der Waals surface area contributed by atoms with Gasteiger partial charge in [0.05, 0.1) is 28.0 Å². The summed E-state index contributed by atoms with van der Waals surface area (Å²) >= 11 is 0. The largest absolute Gasteiger partial charge is 0.478 e. The number of carboxylic acids is 1. The highest BCUT2D eigenvalue weighted by Gasteiger charge is 2.21. The molecule has 3 aromatic rings. The molecule has 154 valence electrons. The minimum Gasteiger partial charge on any atom is -0.478 e. The van der Waals surface area contributed by atoms with E-state index in [2.05, 4.69) is 25.6 Å². The van der Waals surface area contributed by atoms with Crippen LogP contribution in [-0.4, -0.2) is 38.1 Å². The number of carbonyl (C=O) groups is 1. The predicted octanol–water partition coefficient (Wildman–Crippen LogP) is 4.09. The Kier molecular flexibility index (Phi) is 5.57. The maximum atomic E-state index is 14.9. The lowest BCUT2D eigenvalue weighted by molar-refractivity contribution is 0.0695. The van der Waals surface area contributed by atoms with Crippen LogP contribution in [0.4, 0.5) is 10.2 Å². The van der Waals surface area contributed by atoms with Gasteiger partial charge in [0.25, 0.3) is 0 Å². The van der Waals surface area contributed by atoms with Crippen LogP contribution in [0.25, 0.3) is 22.3 Å². The molecule has 8 heteroatoms. The molecular formula is C21H26FN5O2. The number of H-pyrrole nitrogens is 1. The molecule has 0 aliphatic carbocycles. The van der Waals surface area contributed by atoms with Gasteiger partial charge in [-0.05, 0) is 52.4 Å². The lowest BCUT2D eigenvalue weighted by atomic mass is 10.1. The molecule has 4 N–H and O–H groups in total. The molecule has 1 aromatic carbocycles. The molecule has 7 nitrogen and oxygen atoms in total. The van der Waals surface area contributed by atoms with Crippen molar-refractivity contribution in [3.8, 4) is 11.3 Å². The van der Waals surface area contributed by atoms with E-state index < -0.39 is 11.8 Å². The quantitative estimate of drug-likeness (QED) is 0.498. The van der Waals surface area contributed by atoms with Crippen molar-refractivity contribution in [1.82, 2.24) is 20.3 Å². The van der Waals surface area contributed by atoms with Gasteiger partial charge in [0.15, 0.2) is 0 Å². The summed E-state index contributed by atoms with van der Waals surface area (Å²) in [5, 5.41) is 15.9. The van der Waals surface area contributed by atoms with E-state index in [1.54, 1.807) is 6.07 Å². The van der Waals surface area contributed by atoms with Gasteiger partial charge in [0.1, 0.15) is 17.2 Å². The Bertz CT molecular complexity index is 1070. The van der Waals surface area contributed by atoms with Gasteiger partial charge in [-0.3, -0.25) is 0 Å². The third-order valence-corrected chi connectivity index (χ3v) is 4.40. The maximum Gasteiger partial charge on any atom is 0.337 e. The van der Waals surface area contributed by atoms with Gasteiger partial charge in [-0.25, -0.2) is 19.2 Å². The molecule has 0 saturated carbocycles. The zero-order valence-corrected chi connectivity index (χ0v) is 17.3. The van der Waals surface area contributed by atoms with Gasteiger partial charge in [-0.2, -0.15) is 0 Å². The number of nitrogens with zero attached hydrogens (tertiary/aromatic N) is 2. The highest BCUT2D eigenvalue weighted by molar-refractivity contribution is 5.96. The van der Waals surface area contributed by atoms with Gasteiger partial charge in [-0.1, -0.05) is 6.92 Å². The fraction of sp³-hybridized carbons (Fsp3) is 0.381. The first kappa shape index (κ1) is 20.7. The van der Waals surface area contributed by atoms with Crippen molar-refractivity contribution in [2.45, 2.75) is 46.7 Å². The number of aromatic amines is 1. The van der Waals surface area contributed by atoms with Crippen LogP contribution in [0.2, 0.25) is 0 Å². The predicted molar refractivity (Wildman–Crippen MR) is 112 cm³/mol. The fourth-order valence-electron chi connectivity index (χ4n) is 3.13. The molecule has 2 aromatic heterocycles. The first-order valence-corrected chi connectivity index (χ1v) is 9.52. The average Bonchev–Trinajstić information content (AvgIpc) is 3.04. The molecule has 0 atom stereocenters. The number of hydrogen-bond acceptors (Lipinski definition) is 5. The SMILES string of the molecule is CCNCc1[nH]c(-c2c(F)ccc3nc(C)c(NC(C)(C)C)nc23)cc1C(=O)O. The number of aromatic carboxylic acids is 1. The molecule has 0 aliphatic rings. The molecule has 3 rings (SSSR count). The molecule has 0 spiro atoms. The van der Waals surface area contributed by atoms with E-state index in [1.165, 1.54) is 12.1 Å². The van der Waals surface area contributed by atoms with Crippen molar-refractivity contribution in [2.75, 3.05) is 11.9 Å². The van der Waals surface area contributed by atoms with Crippen LogP contribution >= 0.6 is 0 Å². The summed E-state index contributed by atoms with van der Waals surface area (Å²) in [4.78, 5) is 23.9. The van der Waals surface area contributed by atoms with E-state index in [4.69, 9.17) is 0 Å². The molecule has 0 amide bonds. The zero-order chi connectivity index (χ0) is 21.3. The van der Waals surface area contributed by atoms with Crippen molar-refractivity contribution in [1.29, 1.82) is 0 Å². The Labute approximate surface area is 168 Å². The van der Waals surface area contributed by atoms with Crippen LogP contribution in [0.1, 0.15) is 49.4 Å². The fourth-order valence-corrected chi connectivity index (χ4v) is 3.13. The van der Waals surface area contributed by atoms with E-state index >= 15 is 0 Å². The van der Waals surface area contributed by atoms with Gasteiger partial charge >= 0.3 is 5.97 Å². The summed E-state index contributed by atoms with van der Waals surface area (Å²) in [6.07, 6.45) is 0. The van der Waals surface area contributed by atoms with Crippen LogP contribution in [0, 0.1) is 12.7 Å². The summed E-state index contributed by atoms with van der Waals surface area (Å²) < 4.78 is 14.9. The van der Waals surface area contributed by atoms with Crippen molar-refractivity contribution in [2.24, 2.45) is 0 Å². The molecule has 29 heavy (non-hydrogen) atoms.